The van der Waals surface area contributed by atoms with Crippen LogP contribution < -0.4 is 4.74 Å². The van der Waals surface area contributed by atoms with Crippen molar-refractivity contribution < 1.29 is 17.9 Å². The van der Waals surface area contributed by atoms with E-state index in [9.17, 15) is 13.2 Å². The highest BCUT2D eigenvalue weighted by Crippen LogP contribution is 2.35. The fourth-order valence-corrected chi connectivity index (χ4v) is 3.24. The molecule has 0 atom stereocenters. The van der Waals surface area contributed by atoms with Crippen molar-refractivity contribution in [3.05, 3.63) is 70.3 Å². The third-order valence-corrected chi connectivity index (χ3v) is 4.85. The van der Waals surface area contributed by atoms with Crippen LogP contribution >= 0.6 is 11.6 Å². The first-order valence-electron chi connectivity index (χ1n) is 9.88. The zero-order valence-electron chi connectivity index (χ0n) is 16.8. The van der Waals surface area contributed by atoms with E-state index in [1.807, 2.05) is 38.1 Å². The van der Waals surface area contributed by atoms with E-state index in [2.05, 4.69) is 11.0 Å². The molecule has 29 heavy (non-hydrogen) atoms. The van der Waals surface area contributed by atoms with Gasteiger partial charge in [-0.3, -0.25) is 4.90 Å². The fourth-order valence-electron chi connectivity index (χ4n) is 3.11. The predicted molar refractivity (Wildman–Crippen MR) is 113 cm³/mol. The molecule has 6 heteroatoms. The van der Waals surface area contributed by atoms with Gasteiger partial charge < -0.3 is 4.74 Å². The Kier molecular flexibility index (Phi) is 9.05. The third kappa shape index (κ3) is 7.41. The van der Waals surface area contributed by atoms with E-state index < -0.39 is 11.7 Å². The molecule has 0 unspecified atom stereocenters. The zero-order chi connectivity index (χ0) is 21.3. The molecule has 0 radical (unpaired) electrons. The number of hydrogen-bond donors (Lipinski definition) is 0. The molecule has 3 rings (SSSR count). The molecule has 0 aromatic heterocycles. The summed E-state index contributed by atoms with van der Waals surface area (Å²) in [6.07, 6.45) is -0.323. The van der Waals surface area contributed by atoms with E-state index in [4.69, 9.17) is 16.3 Å². The quantitative estimate of drug-likeness (QED) is 0.514. The van der Waals surface area contributed by atoms with Crippen molar-refractivity contribution >= 4 is 17.7 Å². The van der Waals surface area contributed by atoms with E-state index in [-0.39, 0.29) is 12.4 Å². The number of ether oxygens (including phenoxy) is 1. The smallest absolute Gasteiger partial charge is 0.419 e. The second-order valence-corrected chi connectivity index (χ2v) is 6.97. The summed E-state index contributed by atoms with van der Waals surface area (Å²) in [4.78, 5) is 2.22. The molecule has 1 saturated heterocycles. The van der Waals surface area contributed by atoms with Crippen LogP contribution in [0.25, 0.3) is 6.08 Å². The monoisotopic (exact) mass is 425 g/mol. The number of alkyl halides is 3. The fraction of sp³-hybridized carbons (Fsp3) is 0.391. The molecule has 0 spiro atoms. The summed E-state index contributed by atoms with van der Waals surface area (Å²) in [5, 5.41) is 0.721. The molecule has 1 fully saturated rings. The van der Waals surface area contributed by atoms with Crippen LogP contribution in [0.2, 0.25) is 5.02 Å². The zero-order valence-corrected chi connectivity index (χ0v) is 17.6. The van der Waals surface area contributed by atoms with Crippen LogP contribution in [0.15, 0.2) is 54.1 Å². The number of likely N-dealkylation sites (tertiary alicyclic amines) is 1. The van der Waals surface area contributed by atoms with Gasteiger partial charge in [-0.05, 0) is 42.7 Å². The molecule has 0 amide bonds. The van der Waals surface area contributed by atoms with Crippen molar-refractivity contribution in [2.75, 3.05) is 26.2 Å². The highest BCUT2D eigenvalue weighted by Gasteiger charge is 2.34. The number of para-hydroxylation sites is 1. The maximum absolute atomic E-state index is 13.0. The van der Waals surface area contributed by atoms with Crippen LogP contribution in [0.5, 0.6) is 5.75 Å². The van der Waals surface area contributed by atoms with Gasteiger partial charge in [0.15, 0.2) is 0 Å². The molecule has 0 saturated carbocycles. The van der Waals surface area contributed by atoms with Crippen molar-refractivity contribution in [1.29, 1.82) is 0 Å². The summed E-state index contributed by atoms with van der Waals surface area (Å²) in [5.41, 5.74) is 1.78. The molecule has 1 heterocycles. The van der Waals surface area contributed by atoms with E-state index in [0.717, 1.165) is 42.6 Å². The highest BCUT2D eigenvalue weighted by molar-refractivity contribution is 6.30. The molecule has 2 aromatic rings. The van der Waals surface area contributed by atoms with Crippen LogP contribution in [0, 0.1) is 0 Å². The Morgan fingerprint density at radius 1 is 1.00 bits per heavy atom. The summed E-state index contributed by atoms with van der Waals surface area (Å²) >= 11 is 5.90. The summed E-state index contributed by atoms with van der Waals surface area (Å²) in [6, 6.07) is 13.1. The molecule has 1 aliphatic rings. The molecule has 2 aromatic carbocycles. The van der Waals surface area contributed by atoms with Gasteiger partial charge in [0.2, 0.25) is 0 Å². The number of piperidine rings is 1. The molecule has 158 valence electrons. The average Bonchev–Trinajstić information content (AvgIpc) is 2.72. The first-order valence-corrected chi connectivity index (χ1v) is 10.3. The Morgan fingerprint density at radius 3 is 2.24 bits per heavy atom. The molecule has 0 aliphatic carbocycles. The lowest BCUT2D eigenvalue weighted by Gasteiger charge is -2.28. The average molecular weight is 426 g/mol. The van der Waals surface area contributed by atoms with E-state index in [0.29, 0.717) is 6.54 Å². The molecule has 2 nitrogen and oxygen atoms in total. The van der Waals surface area contributed by atoms with Gasteiger partial charge in [-0.25, -0.2) is 0 Å². The third-order valence-electron chi connectivity index (χ3n) is 4.60. The minimum absolute atomic E-state index is 0.106. The second-order valence-electron chi connectivity index (χ2n) is 6.54. The van der Waals surface area contributed by atoms with E-state index in [1.165, 1.54) is 17.7 Å². The number of rotatable bonds is 5. The molecule has 0 N–H and O–H groups in total. The van der Waals surface area contributed by atoms with Crippen LogP contribution in [-0.4, -0.2) is 31.1 Å². The van der Waals surface area contributed by atoms with Crippen LogP contribution in [-0.2, 0) is 6.18 Å². The molecular formula is C23H27ClF3NO. The molecular weight excluding hydrogens is 399 g/mol. The normalized spacial score (nSPS) is 14.8. The van der Waals surface area contributed by atoms with Gasteiger partial charge in [0.1, 0.15) is 12.4 Å². The largest absolute Gasteiger partial charge is 0.492 e. The van der Waals surface area contributed by atoms with Crippen LogP contribution in [0.3, 0.4) is 0 Å². The topological polar surface area (TPSA) is 12.5 Å². The van der Waals surface area contributed by atoms with Gasteiger partial charge in [-0.1, -0.05) is 61.4 Å². The minimum atomic E-state index is -4.40. The Morgan fingerprint density at radius 2 is 1.62 bits per heavy atom. The number of hydrogen-bond acceptors (Lipinski definition) is 2. The van der Waals surface area contributed by atoms with Crippen LogP contribution in [0.4, 0.5) is 13.2 Å². The van der Waals surface area contributed by atoms with E-state index >= 15 is 0 Å². The minimum Gasteiger partial charge on any atom is -0.492 e. The SMILES string of the molecule is CC.FC(F)(F)c1ccccc1OCCN1CCC(=Cc2ccc(Cl)cc2)CC1. The van der Waals surface area contributed by atoms with Crippen molar-refractivity contribution in [2.45, 2.75) is 32.9 Å². The Hall–Kier alpha value is -1.98. The molecule has 1 aliphatic heterocycles. The first kappa shape index (κ1) is 23.3. The van der Waals surface area contributed by atoms with E-state index in [1.54, 1.807) is 6.07 Å². The van der Waals surface area contributed by atoms with Crippen molar-refractivity contribution in [3.63, 3.8) is 0 Å². The van der Waals surface area contributed by atoms with Gasteiger partial charge in [0.05, 0.1) is 5.56 Å². The van der Waals surface area contributed by atoms with Gasteiger partial charge in [0.25, 0.3) is 0 Å². The second kappa shape index (κ2) is 11.3. The van der Waals surface area contributed by atoms with Gasteiger partial charge in [0, 0.05) is 24.7 Å². The number of halogens is 4. The van der Waals surface area contributed by atoms with Crippen LogP contribution in [0.1, 0.15) is 37.8 Å². The summed E-state index contributed by atoms with van der Waals surface area (Å²) < 4.78 is 44.3. The van der Waals surface area contributed by atoms with Crippen molar-refractivity contribution in [1.82, 2.24) is 4.90 Å². The lowest BCUT2D eigenvalue weighted by atomic mass is 10.0. The Bertz CT molecular complexity index is 777. The van der Waals surface area contributed by atoms with Crippen molar-refractivity contribution in [2.24, 2.45) is 0 Å². The van der Waals surface area contributed by atoms with Gasteiger partial charge in [-0.2, -0.15) is 13.2 Å². The maximum Gasteiger partial charge on any atom is 0.419 e. The number of nitrogens with zero attached hydrogens (tertiary/aromatic N) is 1. The summed E-state index contributed by atoms with van der Waals surface area (Å²) in [6.45, 7) is 6.61. The number of benzene rings is 2. The summed E-state index contributed by atoms with van der Waals surface area (Å²) in [7, 11) is 0. The molecule has 0 bridgehead atoms. The highest BCUT2D eigenvalue weighted by atomic mass is 35.5. The lowest BCUT2D eigenvalue weighted by molar-refractivity contribution is -0.139. The Balaban J connectivity index is 0.00000145. The van der Waals surface area contributed by atoms with Gasteiger partial charge >= 0.3 is 6.18 Å². The standard InChI is InChI=1S/C21H21ClF3NO.C2H6/c22-18-7-5-16(6-8-18)15-17-9-11-26(12-10-17)13-14-27-20-4-2-1-3-19(20)21(23,24)25;1-2/h1-8,15H,9-14H2;1-2H3. The maximum atomic E-state index is 13.0. The first-order chi connectivity index (χ1) is 13.9. The summed E-state index contributed by atoms with van der Waals surface area (Å²) in [5.74, 6) is -0.106. The predicted octanol–water partition coefficient (Wildman–Crippen LogP) is 6.94. The lowest BCUT2D eigenvalue weighted by Crippen LogP contribution is -2.34. The van der Waals surface area contributed by atoms with Crippen molar-refractivity contribution in [3.8, 4) is 5.75 Å². The Labute approximate surface area is 175 Å². The van der Waals surface area contributed by atoms with Gasteiger partial charge in [-0.15, -0.1) is 0 Å².